The largest absolute Gasteiger partial charge is 0.461 e. The average molecular weight is 564 g/mol. The first-order valence-corrected chi connectivity index (χ1v) is 13.6. The van der Waals surface area contributed by atoms with E-state index >= 15 is 0 Å². The van der Waals surface area contributed by atoms with Crippen LogP contribution in [0.25, 0.3) is 11.0 Å². The number of carbonyl (C=O) groups excluding carboxylic acids is 2. The normalized spacial score (nSPS) is 14.3. The van der Waals surface area contributed by atoms with E-state index < -0.39 is 11.0 Å². The summed E-state index contributed by atoms with van der Waals surface area (Å²) in [6, 6.07) is 15.0. The van der Waals surface area contributed by atoms with Crippen LogP contribution in [0.15, 0.2) is 76.6 Å². The van der Waals surface area contributed by atoms with Crippen LogP contribution in [0.3, 0.4) is 0 Å². The van der Waals surface area contributed by atoms with Gasteiger partial charge in [0, 0.05) is 42.4 Å². The van der Waals surface area contributed by atoms with Crippen molar-refractivity contribution in [3.63, 3.8) is 0 Å². The predicted octanol–water partition coefficient (Wildman–Crippen LogP) is 5.88. The summed E-state index contributed by atoms with van der Waals surface area (Å²) in [5.41, 5.74) is 9.29. The van der Waals surface area contributed by atoms with Crippen molar-refractivity contribution in [1.29, 1.82) is 0 Å². The van der Waals surface area contributed by atoms with Gasteiger partial charge in [0.15, 0.2) is 0 Å². The topological polar surface area (TPSA) is 104 Å². The molecule has 2 aromatic carbocycles. The Bertz CT molecular complexity index is 1480. The molecule has 0 saturated heterocycles. The van der Waals surface area contributed by atoms with E-state index in [0.29, 0.717) is 39.7 Å². The van der Waals surface area contributed by atoms with Gasteiger partial charge in [0.05, 0.1) is 28.3 Å². The molecule has 1 aliphatic heterocycles. The second kappa shape index (κ2) is 11.0. The summed E-state index contributed by atoms with van der Waals surface area (Å²) in [6.45, 7) is 14.1. The van der Waals surface area contributed by atoms with Crippen LogP contribution in [-0.2, 0) is 4.79 Å². The summed E-state index contributed by atoms with van der Waals surface area (Å²) >= 11 is 6.24. The van der Waals surface area contributed by atoms with Gasteiger partial charge in [0.25, 0.3) is 5.91 Å². The maximum atomic E-state index is 13.4. The number of rotatable bonds is 9. The van der Waals surface area contributed by atoms with Gasteiger partial charge in [-0.15, -0.1) is 0 Å². The van der Waals surface area contributed by atoms with Crippen molar-refractivity contribution in [1.82, 2.24) is 15.6 Å². The molecule has 1 aromatic heterocycles. The monoisotopic (exact) mass is 563 g/mol. The van der Waals surface area contributed by atoms with E-state index in [9.17, 15) is 9.59 Å². The number of furan rings is 1. The number of fused-ring (bicyclic) bond motifs is 1. The van der Waals surface area contributed by atoms with Crippen LogP contribution in [0.5, 0.6) is 0 Å². The van der Waals surface area contributed by atoms with Gasteiger partial charge in [0.2, 0.25) is 5.91 Å². The maximum Gasteiger partial charge on any atom is 0.255 e. The SMILES string of the molecule is C=C1C(NC(=O)CC(C)(C)CNC(=O)c2cc(Cl)cc3cc(C)oc23)=C(CC(C)(C)N)N(C)N1c1ccccc1. The molecule has 3 aromatic rings. The summed E-state index contributed by atoms with van der Waals surface area (Å²) in [5.74, 6) is 0.202. The van der Waals surface area contributed by atoms with Crippen molar-refractivity contribution in [2.45, 2.75) is 53.0 Å². The molecule has 0 bridgehead atoms. The van der Waals surface area contributed by atoms with Gasteiger partial charge in [-0.1, -0.05) is 50.2 Å². The first kappa shape index (κ1) is 29.2. The highest BCUT2D eigenvalue weighted by atomic mass is 35.5. The van der Waals surface area contributed by atoms with E-state index in [0.717, 1.165) is 16.8 Å². The molecule has 1 aliphatic rings. The van der Waals surface area contributed by atoms with E-state index in [-0.39, 0.29) is 24.8 Å². The summed E-state index contributed by atoms with van der Waals surface area (Å²) in [7, 11) is 1.94. The van der Waals surface area contributed by atoms with E-state index in [1.165, 1.54) is 0 Å². The molecule has 0 radical (unpaired) electrons. The number of hydrazine groups is 1. The molecular formula is C31H38ClN5O3. The fourth-order valence-electron chi connectivity index (χ4n) is 4.92. The Labute approximate surface area is 240 Å². The smallest absolute Gasteiger partial charge is 0.255 e. The van der Waals surface area contributed by atoms with Crippen LogP contribution >= 0.6 is 11.6 Å². The molecule has 4 N–H and O–H groups in total. The molecule has 0 unspecified atom stereocenters. The molecule has 0 spiro atoms. The number of nitrogens with zero attached hydrogens (tertiary/aromatic N) is 2. The number of carbonyl (C=O) groups is 2. The van der Waals surface area contributed by atoms with Crippen LogP contribution in [0, 0.1) is 12.3 Å². The Kier molecular flexibility index (Phi) is 8.06. The van der Waals surface area contributed by atoms with Crippen LogP contribution in [0.4, 0.5) is 5.69 Å². The molecule has 40 heavy (non-hydrogen) atoms. The summed E-state index contributed by atoms with van der Waals surface area (Å²) in [5, 5.41) is 11.2. The third-order valence-electron chi connectivity index (χ3n) is 6.73. The van der Waals surface area contributed by atoms with Crippen molar-refractivity contribution in [3.8, 4) is 0 Å². The molecule has 0 aliphatic carbocycles. The Morgan fingerprint density at radius 2 is 1.77 bits per heavy atom. The van der Waals surface area contributed by atoms with Gasteiger partial charge in [-0.25, -0.2) is 0 Å². The number of aryl methyl sites for hydroxylation is 1. The highest BCUT2D eigenvalue weighted by molar-refractivity contribution is 6.32. The number of nitrogens with two attached hydrogens (primary N) is 1. The number of halogens is 1. The van der Waals surface area contributed by atoms with Crippen molar-refractivity contribution in [3.05, 3.63) is 88.5 Å². The molecule has 0 saturated carbocycles. The lowest BCUT2D eigenvalue weighted by molar-refractivity contribution is -0.122. The van der Waals surface area contributed by atoms with Crippen molar-refractivity contribution < 1.29 is 14.0 Å². The minimum atomic E-state index is -0.546. The number of anilines is 1. The minimum Gasteiger partial charge on any atom is -0.461 e. The highest BCUT2D eigenvalue weighted by Crippen LogP contribution is 2.37. The van der Waals surface area contributed by atoms with Gasteiger partial charge >= 0.3 is 0 Å². The standard InChI is InChI=1S/C31H38ClN5O3/c1-19-13-21-14-22(32)15-24(28(21)40-19)29(39)34-18-30(3,4)17-26(38)35-27-20(2)37(23-11-9-8-10-12-23)36(7)25(27)16-31(5,6)33/h8-15H,2,16-18,33H2,1,3-7H3,(H,34,39)(H,35,38). The number of nitrogens with one attached hydrogen (secondary N) is 2. The van der Waals surface area contributed by atoms with E-state index in [4.69, 9.17) is 21.8 Å². The molecule has 9 heteroatoms. The van der Waals surface area contributed by atoms with Crippen LogP contribution < -0.4 is 21.4 Å². The van der Waals surface area contributed by atoms with Gasteiger partial charge in [0.1, 0.15) is 11.3 Å². The zero-order chi connectivity index (χ0) is 29.4. The number of amides is 2. The predicted molar refractivity (Wildman–Crippen MR) is 161 cm³/mol. The summed E-state index contributed by atoms with van der Waals surface area (Å²) in [4.78, 5) is 26.4. The molecule has 0 atom stereocenters. The number of hydrogen-bond donors (Lipinski definition) is 3. The lowest BCUT2D eigenvalue weighted by atomic mass is 9.88. The second-order valence-corrected chi connectivity index (χ2v) is 12.3. The Hall–Kier alpha value is -3.75. The fraction of sp³-hybridized carbons (Fsp3) is 0.355. The van der Waals surface area contributed by atoms with Gasteiger partial charge < -0.3 is 20.8 Å². The molecule has 0 fully saturated rings. The van der Waals surface area contributed by atoms with Gasteiger partial charge in [-0.3, -0.25) is 19.6 Å². The van der Waals surface area contributed by atoms with E-state index in [2.05, 4.69) is 17.2 Å². The van der Waals surface area contributed by atoms with Crippen LogP contribution in [0.1, 0.15) is 56.7 Å². The fourth-order valence-corrected chi connectivity index (χ4v) is 5.15. The lowest BCUT2D eigenvalue weighted by Gasteiger charge is -2.32. The number of para-hydroxylation sites is 1. The first-order chi connectivity index (χ1) is 18.6. The van der Waals surface area contributed by atoms with Gasteiger partial charge in [-0.2, -0.15) is 0 Å². The third-order valence-corrected chi connectivity index (χ3v) is 6.95. The Morgan fingerprint density at radius 3 is 2.42 bits per heavy atom. The second-order valence-electron chi connectivity index (χ2n) is 11.9. The molecule has 2 amide bonds. The Balaban J connectivity index is 1.47. The van der Waals surface area contributed by atoms with Crippen molar-refractivity contribution in [2.75, 3.05) is 18.6 Å². The van der Waals surface area contributed by atoms with E-state index in [1.54, 1.807) is 12.1 Å². The van der Waals surface area contributed by atoms with Crippen molar-refractivity contribution in [2.24, 2.45) is 11.1 Å². The lowest BCUT2D eigenvalue weighted by Crippen LogP contribution is -2.38. The zero-order valence-corrected chi connectivity index (χ0v) is 24.8. The highest BCUT2D eigenvalue weighted by Gasteiger charge is 2.35. The Morgan fingerprint density at radius 1 is 1.10 bits per heavy atom. The minimum absolute atomic E-state index is 0.170. The van der Waals surface area contributed by atoms with Crippen LogP contribution in [0.2, 0.25) is 5.02 Å². The number of hydrogen-bond acceptors (Lipinski definition) is 6. The molecule has 8 nitrogen and oxygen atoms in total. The quantitative estimate of drug-likeness (QED) is 0.300. The summed E-state index contributed by atoms with van der Waals surface area (Å²) < 4.78 is 5.74. The first-order valence-electron chi connectivity index (χ1n) is 13.2. The molecule has 212 valence electrons. The molecular weight excluding hydrogens is 526 g/mol. The van der Waals surface area contributed by atoms with E-state index in [1.807, 2.05) is 88.1 Å². The summed E-state index contributed by atoms with van der Waals surface area (Å²) in [6.07, 6.45) is 0.699. The van der Waals surface area contributed by atoms with Gasteiger partial charge in [-0.05, 0) is 56.5 Å². The maximum absolute atomic E-state index is 13.4. The number of benzene rings is 2. The van der Waals surface area contributed by atoms with Crippen molar-refractivity contribution >= 4 is 40.1 Å². The molecule has 2 heterocycles. The zero-order valence-electron chi connectivity index (χ0n) is 24.0. The third kappa shape index (κ3) is 6.51. The molecule has 4 rings (SSSR count). The average Bonchev–Trinajstić information content (AvgIpc) is 3.32. The van der Waals surface area contributed by atoms with Crippen LogP contribution in [-0.4, -0.2) is 36.0 Å².